The van der Waals surface area contributed by atoms with Crippen molar-refractivity contribution in [3.63, 3.8) is 0 Å². The highest BCUT2D eigenvalue weighted by Gasteiger charge is 2.20. The van der Waals surface area contributed by atoms with Crippen molar-refractivity contribution in [2.75, 3.05) is 0 Å². The molecule has 0 aliphatic heterocycles. The predicted octanol–water partition coefficient (Wildman–Crippen LogP) is 6.02. The monoisotopic (exact) mass is 364 g/mol. The van der Waals surface area contributed by atoms with E-state index >= 15 is 0 Å². The van der Waals surface area contributed by atoms with Gasteiger partial charge in [0.05, 0.1) is 5.38 Å². The van der Waals surface area contributed by atoms with Gasteiger partial charge < -0.3 is 0 Å². The van der Waals surface area contributed by atoms with Crippen LogP contribution < -0.4 is 0 Å². The molecule has 1 unspecified atom stereocenters. The molecule has 0 amide bonds. The van der Waals surface area contributed by atoms with Crippen molar-refractivity contribution in [3.05, 3.63) is 68.2 Å². The quantitative estimate of drug-likeness (QED) is 0.451. The van der Waals surface area contributed by atoms with Crippen molar-refractivity contribution >= 4 is 39.1 Å². The van der Waals surface area contributed by atoms with Crippen molar-refractivity contribution in [1.82, 2.24) is 0 Å². The number of halogens is 5. The summed E-state index contributed by atoms with van der Waals surface area (Å²) in [7, 11) is 0. The number of hydrogen-bond donors (Lipinski definition) is 0. The predicted molar refractivity (Wildman–Crippen MR) is 77.9 cm³/mol. The molecule has 0 aliphatic rings. The van der Waals surface area contributed by atoms with E-state index in [4.69, 9.17) is 23.2 Å². The molecule has 2 aromatic rings. The van der Waals surface area contributed by atoms with Crippen LogP contribution in [0.2, 0.25) is 5.02 Å². The lowest BCUT2D eigenvalue weighted by atomic mass is 10.0. The summed E-state index contributed by atoms with van der Waals surface area (Å²) in [5.74, 6) is -1.95. The van der Waals surface area contributed by atoms with Crippen molar-refractivity contribution in [2.45, 2.75) is 12.3 Å². The second kappa shape index (κ2) is 5.78. The van der Waals surface area contributed by atoms with E-state index in [1.807, 2.05) is 25.1 Å². The third-order valence-corrected chi connectivity index (χ3v) is 4.69. The van der Waals surface area contributed by atoms with E-state index < -0.39 is 17.0 Å². The normalized spacial score (nSPS) is 12.5. The van der Waals surface area contributed by atoms with Gasteiger partial charge in [-0.15, -0.1) is 11.6 Å². The fourth-order valence-corrected chi connectivity index (χ4v) is 3.07. The molecule has 1 atom stereocenters. The van der Waals surface area contributed by atoms with Crippen LogP contribution in [0.4, 0.5) is 8.78 Å². The summed E-state index contributed by atoms with van der Waals surface area (Å²) in [5, 5.41) is -0.552. The molecule has 0 nitrogen and oxygen atoms in total. The molecule has 5 heteroatoms. The number of aryl methyl sites for hydroxylation is 1. The lowest BCUT2D eigenvalue weighted by molar-refractivity contribution is 0.507. The van der Waals surface area contributed by atoms with Gasteiger partial charge in [0.2, 0.25) is 0 Å². The maximum Gasteiger partial charge on any atom is 0.160 e. The third-order valence-electron chi connectivity index (χ3n) is 2.81. The largest absolute Gasteiger partial charge is 0.204 e. The van der Waals surface area contributed by atoms with Crippen LogP contribution in [-0.2, 0) is 0 Å². The summed E-state index contributed by atoms with van der Waals surface area (Å²) in [6, 6.07) is 7.55. The SMILES string of the molecule is Cc1cccc(C(Cl)c2cc(F)c(F)cc2Cl)c1Br. The number of benzene rings is 2. The molecule has 100 valence electrons. The molecule has 0 fully saturated rings. The molecule has 0 saturated carbocycles. The lowest BCUT2D eigenvalue weighted by Gasteiger charge is -2.15. The zero-order chi connectivity index (χ0) is 14.2. The first-order valence-corrected chi connectivity index (χ1v) is 7.06. The van der Waals surface area contributed by atoms with E-state index in [1.165, 1.54) is 0 Å². The highest BCUT2D eigenvalue weighted by atomic mass is 79.9. The van der Waals surface area contributed by atoms with Crippen LogP contribution >= 0.6 is 39.1 Å². The van der Waals surface area contributed by atoms with Crippen molar-refractivity contribution in [3.8, 4) is 0 Å². The molecule has 0 heterocycles. The molecule has 0 saturated heterocycles. The zero-order valence-corrected chi connectivity index (χ0v) is 13.0. The Labute approximate surface area is 128 Å². The summed E-state index contributed by atoms with van der Waals surface area (Å²) in [6.45, 7) is 1.92. The van der Waals surface area contributed by atoms with E-state index in [9.17, 15) is 8.78 Å². The minimum Gasteiger partial charge on any atom is -0.204 e. The van der Waals surface area contributed by atoms with Crippen LogP contribution in [0.3, 0.4) is 0 Å². The Hall–Kier alpha value is -0.640. The number of hydrogen-bond acceptors (Lipinski definition) is 0. The van der Waals surface area contributed by atoms with Crippen molar-refractivity contribution in [1.29, 1.82) is 0 Å². The Kier molecular flexibility index (Phi) is 4.49. The van der Waals surface area contributed by atoms with Crippen LogP contribution in [0.25, 0.3) is 0 Å². The molecule has 19 heavy (non-hydrogen) atoms. The standard InChI is InChI=1S/C14H9BrCl2F2/c1-7-3-2-4-8(13(7)15)14(17)9-5-11(18)12(19)6-10(9)16/h2-6,14H,1H3. The Balaban J connectivity index is 2.53. The van der Waals surface area contributed by atoms with Crippen LogP contribution in [0.15, 0.2) is 34.8 Å². The van der Waals surface area contributed by atoms with E-state index in [2.05, 4.69) is 15.9 Å². The maximum absolute atomic E-state index is 13.3. The Morgan fingerprint density at radius 3 is 2.42 bits per heavy atom. The van der Waals surface area contributed by atoms with Gasteiger partial charge in [0.25, 0.3) is 0 Å². The molecule has 0 spiro atoms. The second-order valence-corrected chi connectivity index (χ2v) is 5.77. The average Bonchev–Trinajstić information content (AvgIpc) is 2.36. The summed E-state index contributed by atoms with van der Waals surface area (Å²) in [6.07, 6.45) is 0. The van der Waals surface area contributed by atoms with Crippen LogP contribution in [0, 0.1) is 18.6 Å². The molecular formula is C14H9BrCl2F2. The highest BCUT2D eigenvalue weighted by molar-refractivity contribution is 9.10. The average molecular weight is 366 g/mol. The Bertz CT molecular complexity index is 629. The first-order chi connectivity index (χ1) is 8.91. The second-order valence-electron chi connectivity index (χ2n) is 4.13. The highest BCUT2D eigenvalue weighted by Crippen LogP contribution is 2.38. The fourth-order valence-electron chi connectivity index (χ4n) is 1.77. The molecule has 0 N–H and O–H groups in total. The molecule has 2 rings (SSSR count). The number of rotatable bonds is 2. The van der Waals surface area contributed by atoms with Crippen molar-refractivity contribution in [2.24, 2.45) is 0 Å². The molecule has 2 aromatic carbocycles. The van der Waals surface area contributed by atoms with Crippen LogP contribution in [0.5, 0.6) is 0 Å². The van der Waals surface area contributed by atoms with Gasteiger partial charge in [0.15, 0.2) is 11.6 Å². The first-order valence-electron chi connectivity index (χ1n) is 5.45. The summed E-state index contributed by atoms with van der Waals surface area (Å²) in [5.41, 5.74) is 2.10. The van der Waals surface area contributed by atoms with Gasteiger partial charge in [-0.2, -0.15) is 0 Å². The van der Waals surface area contributed by atoms with Gasteiger partial charge in [-0.05, 0) is 35.7 Å². The maximum atomic E-state index is 13.3. The lowest BCUT2D eigenvalue weighted by Crippen LogP contribution is -1.99. The van der Waals surface area contributed by atoms with Crippen molar-refractivity contribution < 1.29 is 8.78 Å². The van der Waals surface area contributed by atoms with Gasteiger partial charge in [-0.3, -0.25) is 0 Å². The minimum atomic E-state index is -0.985. The Morgan fingerprint density at radius 1 is 1.11 bits per heavy atom. The molecule has 0 radical (unpaired) electrons. The molecule has 0 bridgehead atoms. The van der Waals surface area contributed by atoms with E-state index in [0.717, 1.165) is 27.7 Å². The molecular weight excluding hydrogens is 357 g/mol. The third kappa shape index (κ3) is 2.93. The van der Waals surface area contributed by atoms with Crippen LogP contribution in [-0.4, -0.2) is 0 Å². The molecule has 0 aliphatic carbocycles. The van der Waals surface area contributed by atoms with Gasteiger partial charge >= 0.3 is 0 Å². The van der Waals surface area contributed by atoms with Gasteiger partial charge in [-0.25, -0.2) is 8.78 Å². The topological polar surface area (TPSA) is 0 Å². The summed E-state index contributed by atoms with van der Waals surface area (Å²) < 4.78 is 27.2. The molecule has 0 aromatic heterocycles. The van der Waals surface area contributed by atoms with E-state index in [-0.39, 0.29) is 5.02 Å². The van der Waals surface area contributed by atoms with E-state index in [0.29, 0.717) is 5.56 Å². The van der Waals surface area contributed by atoms with E-state index in [1.54, 1.807) is 0 Å². The van der Waals surface area contributed by atoms with Gasteiger partial charge in [0.1, 0.15) is 0 Å². The number of alkyl halides is 1. The van der Waals surface area contributed by atoms with Gasteiger partial charge in [0, 0.05) is 9.50 Å². The smallest absolute Gasteiger partial charge is 0.160 e. The summed E-state index contributed by atoms with van der Waals surface area (Å²) in [4.78, 5) is 0. The zero-order valence-electron chi connectivity index (χ0n) is 9.85. The fraction of sp³-hybridized carbons (Fsp3) is 0.143. The van der Waals surface area contributed by atoms with Crippen LogP contribution in [0.1, 0.15) is 22.1 Å². The summed E-state index contributed by atoms with van der Waals surface area (Å²) >= 11 is 15.7. The first kappa shape index (κ1) is 14.8. The van der Waals surface area contributed by atoms with Gasteiger partial charge in [-0.1, -0.05) is 45.7 Å². The Morgan fingerprint density at radius 2 is 1.74 bits per heavy atom. The minimum absolute atomic E-state index is 0.104.